The SMILES string of the molecule is CCNC(=O)[C@H]1OC[C@H](On2cnc3c(NCC(c4ccccc4)c4ccccc4)nc(NC4CCC(N)CC4)nc32)[C@@H]1O.Cl. The average Bonchev–Trinajstić information content (AvgIpc) is 3.62. The summed E-state index contributed by atoms with van der Waals surface area (Å²) in [5.74, 6) is 0.701. The fourth-order valence-corrected chi connectivity index (χ4v) is 5.92. The number of aliphatic hydroxyl groups excluding tert-OH is 1. The lowest BCUT2D eigenvalue weighted by Gasteiger charge is -2.27. The molecule has 0 bridgehead atoms. The van der Waals surface area contributed by atoms with Crippen molar-refractivity contribution < 1.29 is 19.5 Å². The van der Waals surface area contributed by atoms with Crippen LogP contribution in [0.1, 0.15) is 49.7 Å². The Kier molecular flexibility index (Phi) is 10.7. The number of anilines is 2. The van der Waals surface area contributed by atoms with Crippen LogP contribution in [0.3, 0.4) is 0 Å². The number of nitrogens with zero attached hydrogens (tertiary/aromatic N) is 4. The van der Waals surface area contributed by atoms with E-state index in [1.165, 1.54) is 22.2 Å². The second-order valence-electron chi connectivity index (χ2n) is 11.4. The van der Waals surface area contributed by atoms with Crippen LogP contribution in [0, 0.1) is 0 Å². The minimum atomic E-state index is -1.15. The molecule has 0 spiro atoms. The number of hydrogen-bond acceptors (Lipinski definition) is 10. The molecule has 2 aromatic carbocycles. The highest BCUT2D eigenvalue weighted by Crippen LogP contribution is 2.28. The van der Waals surface area contributed by atoms with Gasteiger partial charge >= 0.3 is 0 Å². The van der Waals surface area contributed by atoms with E-state index in [1.807, 2.05) is 43.3 Å². The molecule has 6 N–H and O–H groups in total. The Hall–Kier alpha value is -3.97. The number of nitrogens with two attached hydrogens (primary N) is 1. The Morgan fingerprint density at radius 2 is 1.73 bits per heavy atom. The summed E-state index contributed by atoms with van der Waals surface area (Å²) in [6, 6.07) is 21.1. The number of hydrogen-bond donors (Lipinski definition) is 5. The van der Waals surface area contributed by atoms with Crippen LogP contribution >= 0.6 is 12.4 Å². The van der Waals surface area contributed by atoms with Gasteiger partial charge in [-0.15, -0.1) is 12.4 Å². The van der Waals surface area contributed by atoms with Gasteiger partial charge in [-0.25, -0.2) is 4.98 Å². The first-order chi connectivity index (χ1) is 21.5. The molecule has 4 aromatic rings. The molecule has 1 amide bonds. The number of carbonyl (C=O) groups excluding carboxylic acids is 1. The Morgan fingerprint density at radius 3 is 2.38 bits per heavy atom. The van der Waals surface area contributed by atoms with Crippen LogP contribution in [0.15, 0.2) is 67.0 Å². The number of imidazole rings is 1. The summed E-state index contributed by atoms with van der Waals surface area (Å²) in [6.07, 6.45) is 2.29. The number of carbonyl (C=O) groups is 1. The van der Waals surface area contributed by atoms with Gasteiger partial charge in [-0.05, 0) is 43.7 Å². The third-order valence-corrected chi connectivity index (χ3v) is 8.34. The Balaban J connectivity index is 0.00000400. The predicted octanol–water partition coefficient (Wildman–Crippen LogP) is 2.87. The van der Waals surface area contributed by atoms with Crippen molar-refractivity contribution in [3.63, 3.8) is 0 Å². The van der Waals surface area contributed by atoms with Crippen LogP contribution in [-0.4, -0.2) is 80.8 Å². The van der Waals surface area contributed by atoms with E-state index in [4.69, 9.17) is 25.3 Å². The largest absolute Gasteiger partial charge is 0.402 e. The number of benzene rings is 2. The summed E-state index contributed by atoms with van der Waals surface area (Å²) in [6.45, 7) is 2.86. The number of likely N-dealkylation sites (N-methyl/N-ethyl adjacent to an activating group) is 1. The molecule has 1 saturated carbocycles. The Labute approximate surface area is 268 Å². The van der Waals surface area contributed by atoms with E-state index in [-0.39, 0.29) is 42.9 Å². The highest BCUT2D eigenvalue weighted by atomic mass is 35.5. The number of amides is 1. The summed E-state index contributed by atoms with van der Waals surface area (Å²) >= 11 is 0. The molecular weight excluding hydrogens is 596 g/mol. The molecule has 1 aliphatic heterocycles. The molecule has 3 atom stereocenters. The van der Waals surface area contributed by atoms with E-state index in [0.717, 1.165) is 25.7 Å². The van der Waals surface area contributed by atoms with E-state index in [0.29, 0.717) is 36.0 Å². The van der Waals surface area contributed by atoms with Gasteiger partial charge in [0.15, 0.2) is 23.5 Å². The average molecular weight is 637 g/mol. The monoisotopic (exact) mass is 636 g/mol. The molecule has 0 radical (unpaired) electrons. The van der Waals surface area contributed by atoms with E-state index in [1.54, 1.807) is 0 Å². The Bertz CT molecular complexity index is 1490. The van der Waals surface area contributed by atoms with Crippen LogP contribution in [0.25, 0.3) is 11.2 Å². The smallest absolute Gasteiger partial charge is 0.251 e. The van der Waals surface area contributed by atoms with Crippen molar-refractivity contribution in [2.24, 2.45) is 5.73 Å². The summed E-state index contributed by atoms with van der Waals surface area (Å²) in [4.78, 5) is 32.7. The van der Waals surface area contributed by atoms with Crippen LogP contribution in [0.5, 0.6) is 0 Å². The molecule has 3 heterocycles. The van der Waals surface area contributed by atoms with Gasteiger partial charge in [0.05, 0.1) is 6.61 Å². The normalized spacial score (nSPS) is 23.0. The number of ether oxygens (including phenoxy) is 1. The summed E-state index contributed by atoms with van der Waals surface area (Å²) in [5.41, 5.74) is 9.45. The van der Waals surface area contributed by atoms with Crippen LogP contribution < -0.4 is 26.5 Å². The lowest BCUT2D eigenvalue weighted by Crippen LogP contribution is -2.45. The standard InChI is InChI=1S/C32H40N8O4.ClH/c1-2-34-31(42)28-27(41)25(18-43-28)44-40-19-36-26-29(38-32(39-30(26)40)37-23-15-13-22(33)14-16-23)35-17-24(20-9-5-3-6-10-20)21-11-7-4-8-12-21;/h3-12,19,22-25,27-28,41H,2,13-18,33H2,1H3,(H,34,42)(H2,35,37,38,39);1H/t22?,23?,25-,27-,28-;/m0./s1. The number of fused-ring (bicyclic) bond motifs is 1. The van der Waals surface area contributed by atoms with Crippen molar-refractivity contribution in [3.05, 3.63) is 78.1 Å². The lowest BCUT2D eigenvalue weighted by molar-refractivity contribution is -0.134. The van der Waals surface area contributed by atoms with Gasteiger partial charge in [-0.2, -0.15) is 14.7 Å². The number of rotatable bonds is 11. The number of nitrogens with one attached hydrogen (secondary N) is 3. The quantitative estimate of drug-likeness (QED) is 0.166. The van der Waals surface area contributed by atoms with Gasteiger partial charge in [-0.3, -0.25) is 4.79 Å². The molecule has 12 nitrogen and oxygen atoms in total. The van der Waals surface area contributed by atoms with Crippen molar-refractivity contribution in [1.82, 2.24) is 25.0 Å². The minimum absolute atomic E-state index is 0. The number of aromatic nitrogens is 4. The summed E-state index contributed by atoms with van der Waals surface area (Å²) in [7, 11) is 0. The fraction of sp³-hybridized carbons (Fsp3) is 0.438. The highest BCUT2D eigenvalue weighted by molar-refractivity contribution is 5.85. The van der Waals surface area contributed by atoms with E-state index >= 15 is 0 Å². The summed E-state index contributed by atoms with van der Waals surface area (Å²) < 4.78 is 6.99. The molecule has 6 rings (SSSR count). The number of aliphatic hydroxyl groups is 1. The van der Waals surface area contributed by atoms with Gasteiger partial charge < -0.3 is 36.4 Å². The zero-order valence-corrected chi connectivity index (χ0v) is 26.0. The zero-order valence-electron chi connectivity index (χ0n) is 25.2. The van der Waals surface area contributed by atoms with Gasteiger partial charge in [0, 0.05) is 31.1 Å². The molecule has 45 heavy (non-hydrogen) atoms. The van der Waals surface area contributed by atoms with Crippen molar-refractivity contribution in [3.8, 4) is 0 Å². The van der Waals surface area contributed by atoms with Crippen LogP contribution in [0.4, 0.5) is 11.8 Å². The van der Waals surface area contributed by atoms with E-state index < -0.39 is 18.3 Å². The highest BCUT2D eigenvalue weighted by Gasteiger charge is 2.42. The molecule has 240 valence electrons. The second-order valence-corrected chi connectivity index (χ2v) is 11.4. The third kappa shape index (κ3) is 7.47. The first-order valence-electron chi connectivity index (χ1n) is 15.4. The minimum Gasteiger partial charge on any atom is -0.402 e. The molecule has 0 unspecified atom stereocenters. The second kappa shape index (κ2) is 14.9. The first-order valence-corrected chi connectivity index (χ1v) is 15.4. The van der Waals surface area contributed by atoms with Gasteiger partial charge in [0.1, 0.15) is 12.4 Å². The van der Waals surface area contributed by atoms with Crippen molar-refractivity contribution in [2.75, 3.05) is 30.3 Å². The van der Waals surface area contributed by atoms with Gasteiger partial charge in [-0.1, -0.05) is 60.7 Å². The molecule has 2 aliphatic rings. The summed E-state index contributed by atoms with van der Waals surface area (Å²) in [5, 5.41) is 20.6. The first kappa shape index (κ1) is 32.4. The van der Waals surface area contributed by atoms with Crippen molar-refractivity contribution in [1.29, 1.82) is 0 Å². The van der Waals surface area contributed by atoms with E-state index in [2.05, 4.69) is 45.2 Å². The van der Waals surface area contributed by atoms with Crippen LogP contribution in [-0.2, 0) is 9.53 Å². The molecular formula is C32H41ClN8O4. The molecule has 2 aromatic heterocycles. The predicted molar refractivity (Wildman–Crippen MR) is 174 cm³/mol. The van der Waals surface area contributed by atoms with Gasteiger partial charge in [0.25, 0.3) is 5.91 Å². The molecule has 1 aliphatic carbocycles. The zero-order chi connectivity index (χ0) is 30.5. The Morgan fingerprint density at radius 1 is 1.07 bits per heavy atom. The van der Waals surface area contributed by atoms with Crippen molar-refractivity contribution >= 4 is 41.2 Å². The molecule has 1 saturated heterocycles. The maximum atomic E-state index is 12.3. The van der Waals surface area contributed by atoms with Crippen LogP contribution in [0.2, 0.25) is 0 Å². The van der Waals surface area contributed by atoms with Gasteiger partial charge in [0.2, 0.25) is 11.6 Å². The maximum Gasteiger partial charge on any atom is 0.251 e. The lowest BCUT2D eigenvalue weighted by atomic mass is 9.91. The molecule has 13 heteroatoms. The molecule has 2 fully saturated rings. The maximum absolute atomic E-state index is 12.3. The van der Waals surface area contributed by atoms with E-state index in [9.17, 15) is 9.90 Å². The fourth-order valence-electron chi connectivity index (χ4n) is 5.92. The number of halogens is 1. The topological polar surface area (TPSA) is 161 Å². The van der Waals surface area contributed by atoms with Crippen molar-refractivity contribution in [2.45, 2.75) is 68.9 Å². The third-order valence-electron chi connectivity index (χ3n) is 8.34.